The molecule has 3 aromatic carbocycles. The number of amides is 2. The van der Waals surface area contributed by atoms with Crippen molar-refractivity contribution >= 4 is 39.1 Å². The van der Waals surface area contributed by atoms with Crippen LogP contribution in [0, 0.1) is 0 Å². The highest BCUT2D eigenvalue weighted by Crippen LogP contribution is 2.37. The van der Waals surface area contributed by atoms with Crippen molar-refractivity contribution in [1.29, 1.82) is 0 Å². The molecule has 0 bridgehead atoms. The number of anilines is 1. The number of hydrogen-bond donors (Lipinski definition) is 1. The maximum atomic E-state index is 13.7. The van der Waals surface area contributed by atoms with E-state index in [1.165, 1.54) is 36.1 Å². The fraction of sp³-hybridized carbons (Fsp3) is 0.286. The Morgan fingerprint density at radius 3 is 2.15 bits per heavy atom. The molecule has 12 heteroatoms. The maximum Gasteiger partial charge on any atom is 0.416 e. The second kappa shape index (κ2) is 13.2. The van der Waals surface area contributed by atoms with Crippen LogP contribution >= 0.6 is 11.6 Å². The summed E-state index contributed by atoms with van der Waals surface area (Å²) in [6.07, 6.45) is -4.44. The van der Waals surface area contributed by atoms with Crippen molar-refractivity contribution in [2.45, 2.75) is 37.4 Å². The van der Waals surface area contributed by atoms with Crippen molar-refractivity contribution in [3.05, 3.63) is 95.0 Å². The molecule has 7 nitrogen and oxygen atoms in total. The number of nitrogens with one attached hydrogen (secondary N) is 1. The van der Waals surface area contributed by atoms with Crippen LogP contribution in [-0.4, -0.2) is 50.8 Å². The van der Waals surface area contributed by atoms with Crippen molar-refractivity contribution in [1.82, 2.24) is 10.2 Å². The molecule has 3 rings (SSSR count). The lowest BCUT2D eigenvalue weighted by Gasteiger charge is -2.32. The van der Waals surface area contributed by atoms with Crippen molar-refractivity contribution in [3.8, 4) is 0 Å². The zero-order valence-electron chi connectivity index (χ0n) is 21.9. The van der Waals surface area contributed by atoms with Gasteiger partial charge in [0.1, 0.15) is 12.6 Å². The van der Waals surface area contributed by atoms with E-state index >= 15 is 0 Å². The number of rotatable bonds is 11. The average Bonchev–Trinajstić information content (AvgIpc) is 2.92. The van der Waals surface area contributed by atoms with Crippen molar-refractivity contribution in [2.75, 3.05) is 23.9 Å². The van der Waals surface area contributed by atoms with Crippen molar-refractivity contribution in [3.63, 3.8) is 0 Å². The van der Waals surface area contributed by atoms with Gasteiger partial charge < -0.3 is 10.2 Å². The second-order valence-electron chi connectivity index (χ2n) is 8.88. The highest BCUT2D eigenvalue weighted by molar-refractivity contribution is 7.92. The van der Waals surface area contributed by atoms with Gasteiger partial charge in [0.15, 0.2) is 0 Å². The fourth-order valence-corrected chi connectivity index (χ4v) is 5.72. The molecule has 0 aliphatic heterocycles. The van der Waals surface area contributed by atoms with Crippen LogP contribution < -0.4 is 9.62 Å². The van der Waals surface area contributed by atoms with Crippen LogP contribution in [0.1, 0.15) is 25.0 Å². The van der Waals surface area contributed by atoms with Crippen molar-refractivity contribution in [2.24, 2.45) is 0 Å². The van der Waals surface area contributed by atoms with Gasteiger partial charge in [-0.2, -0.15) is 13.2 Å². The molecule has 0 unspecified atom stereocenters. The number of hydrogen-bond acceptors (Lipinski definition) is 4. The van der Waals surface area contributed by atoms with E-state index in [2.05, 4.69) is 5.32 Å². The molecule has 0 spiro atoms. The number of benzene rings is 3. The van der Waals surface area contributed by atoms with Gasteiger partial charge in [-0.05, 0) is 56.2 Å². The third-order valence-electron chi connectivity index (χ3n) is 6.15. The molecule has 0 heterocycles. The lowest BCUT2D eigenvalue weighted by Crippen LogP contribution is -2.52. The third kappa shape index (κ3) is 7.54. The third-order valence-corrected chi connectivity index (χ3v) is 8.25. The summed E-state index contributed by atoms with van der Waals surface area (Å²) in [5, 5.41) is 2.34. The molecule has 0 aromatic heterocycles. The average molecular weight is 596 g/mol. The molecule has 0 saturated carbocycles. The standard InChI is InChI=1S/C28H29ClF3N3O4S/c1-3-33-27(37)20(2)34(17-16-21-10-6-4-7-11-21)26(36)19-35(40(38,39)23-12-8-5-9-13-23)25-18-22(28(30,31)32)14-15-24(25)29/h4-15,18,20H,3,16-17,19H2,1-2H3,(H,33,37)/t20-/m0/s1. The number of alkyl halides is 3. The zero-order valence-corrected chi connectivity index (χ0v) is 23.4. The summed E-state index contributed by atoms with van der Waals surface area (Å²) < 4.78 is 68.7. The van der Waals surface area contributed by atoms with E-state index in [1.54, 1.807) is 13.0 Å². The quantitative estimate of drug-likeness (QED) is 0.332. The molecule has 0 fully saturated rings. The summed E-state index contributed by atoms with van der Waals surface area (Å²) in [7, 11) is -4.56. The molecule has 0 radical (unpaired) electrons. The van der Waals surface area contributed by atoms with E-state index in [9.17, 15) is 31.2 Å². The summed E-state index contributed by atoms with van der Waals surface area (Å²) in [6.45, 7) is 2.68. The van der Waals surface area contributed by atoms with E-state index in [0.29, 0.717) is 23.3 Å². The Kier molecular flexibility index (Phi) is 10.2. The van der Waals surface area contributed by atoms with Crippen LogP contribution in [0.5, 0.6) is 0 Å². The first-order chi connectivity index (χ1) is 18.9. The SMILES string of the molecule is CCNC(=O)[C@H](C)N(CCc1ccccc1)C(=O)CN(c1cc(C(F)(F)F)ccc1Cl)S(=O)(=O)c1ccccc1. The minimum absolute atomic E-state index is 0.0523. The lowest BCUT2D eigenvalue weighted by atomic mass is 10.1. The largest absolute Gasteiger partial charge is 0.416 e. The molecule has 2 amide bonds. The summed E-state index contributed by atoms with van der Waals surface area (Å²) in [6, 6.07) is 17.4. The van der Waals surface area contributed by atoms with Gasteiger partial charge in [-0.15, -0.1) is 0 Å². The molecule has 1 N–H and O–H groups in total. The van der Waals surface area contributed by atoms with Crippen LogP contribution in [-0.2, 0) is 32.2 Å². The van der Waals surface area contributed by atoms with Crippen LogP contribution in [0.2, 0.25) is 5.02 Å². The molecular formula is C28H29ClF3N3O4S. The Hall–Kier alpha value is -3.57. The molecule has 1 atom stereocenters. The number of halogens is 4. The summed E-state index contributed by atoms with van der Waals surface area (Å²) in [5.41, 5.74) is -0.773. The van der Waals surface area contributed by atoms with Crippen LogP contribution in [0.25, 0.3) is 0 Å². The number of sulfonamides is 1. The fourth-order valence-electron chi connectivity index (χ4n) is 4.01. The maximum absolute atomic E-state index is 13.7. The molecular weight excluding hydrogens is 567 g/mol. The van der Waals surface area contributed by atoms with Gasteiger partial charge in [-0.1, -0.05) is 60.1 Å². The molecule has 0 aliphatic rings. The van der Waals surface area contributed by atoms with Crippen molar-refractivity contribution < 1.29 is 31.2 Å². The summed E-state index contributed by atoms with van der Waals surface area (Å²) in [5.74, 6) is -1.25. The van der Waals surface area contributed by atoms with Crippen LogP contribution in [0.15, 0.2) is 83.8 Å². The Bertz CT molecular complexity index is 1420. The van der Waals surface area contributed by atoms with Gasteiger partial charge in [0.25, 0.3) is 10.0 Å². The summed E-state index contributed by atoms with van der Waals surface area (Å²) >= 11 is 6.23. The molecule has 214 valence electrons. The minimum atomic E-state index is -4.79. The molecule has 40 heavy (non-hydrogen) atoms. The van der Waals surface area contributed by atoms with Gasteiger partial charge in [-0.3, -0.25) is 13.9 Å². The van der Waals surface area contributed by atoms with E-state index in [-0.39, 0.29) is 16.5 Å². The number of carbonyl (C=O) groups excluding carboxylic acids is 2. The molecule has 0 saturated heterocycles. The van der Waals surface area contributed by atoms with Gasteiger partial charge >= 0.3 is 6.18 Å². The zero-order chi connectivity index (χ0) is 29.5. The first-order valence-corrected chi connectivity index (χ1v) is 14.2. The highest BCUT2D eigenvalue weighted by atomic mass is 35.5. The Labute approximate surface area is 236 Å². The second-order valence-corrected chi connectivity index (χ2v) is 11.2. The van der Waals surface area contributed by atoms with Gasteiger partial charge in [-0.25, -0.2) is 8.42 Å². The molecule has 0 aliphatic carbocycles. The van der Waals surface area contributed by atoms with E-state index in [1.807, 2.05) is 30.3 Å². The Morgan fingerprint density at radius 2 is 1.57 bits per heavy atom. The monoisotopic (exact) mass is 595 g/mol. The topological polar surface area (TPSA) is 86.8 Å². The van der Waals surface area contributed by atoms with Gasteiger partial charge in [0, 0.05) is 13.1 Å². The highest BCUT2D eigenvalue weighted by Gasteiger charge is 2.36. The van der Waals surface area contributed by atoms with E-state index in [0.717, 1.165) is 17.7 Å². The van der Waals surface area contributed by atoms with Crippen LogP contribution in [0.3, 0.4) is 0 Å². The van der Waals surface area contributed by atoms with E-state index in [4.69, 9.17) is 11.6 Å². The van der Waals surface area contributed by atoms with E-state index < -0.39 is 51.9 Å². The predicted octanol–water partition coefficient (Wildman–Crippen LogP) is 5.15. The Balaban J connectivity index is 2.07. The van der Waals surface area contributed by atoms with Gasteiger partial charge in [0.2, 0.25) is 11.8 Å². The summed E-state index contributed by atoms with van der Waals surface area (Å²) in [4.78, 5) is 27.4. The number of carbonyl (C=O) groups is 2. The Morgan fingerprint density at radius 1 is 0.975 bits per heavy atom. The smallest absolute Gasteiger partial charge is 0.355 e. The minimum Gasteiger partial charge on any atom is -0.355 e. The number of nitrogens with zero attached hydrogens (tertiary/aromatic N) is 2. The molecule has 3 aromatic rings. The first-order valence-electron chi connectivity index (χ1n) is 12.4. The lowest BCUT2D eigenvalue weighted by molar-refractivity contribution is -0.138. The predicted molar refractivity (Wildman–Crippen MR) is 147 cm³/mol. The van der Waals surface area contributed by atoms with Gasteiger partial charge in [0.05, 0.1) is 21.2 Å². The number of likely N-dealkylation sites (N-methyl/N-ethyl adjacent to an activating group) is 1. The normalized spacial score (nSPS) is 12.4. The first kappa shape index (κ1) is 31.0. The van der Waals surface area contributed by atoms with Crippen LogP contribution in [0.4, 0.5) is 18.9 Å².